The second-order valence-corrected chi connectivity index (χ2v) is 6.44. The average Bonchev–Trinajstić information content (AvgIpc) is 3.26. The van der Waals surface area contributed by atoms with Crippen molar-refractivity contribution in [2.75, 3.05) is 12.4 Å². The van der Waals surface area contributed by atoms with Crippen molar-refractivity contribution in [1.82, 2.24) is 15.2 Å². The Hall–Kier alpha value is -1.61. The molecule has 116 valence electrons. The SMILES string of the molecule is OC(COCc1ccco1)CSc1n[nH]c(-c2cccs2)n1. The maximum absolute atomic E-state index is 9.89. The largest absolute Gasteiger partial charge is 0.467 e. The highest BCUT2D eigenvalue weighted by Crippen LogP contribution is 2.23. The van der Waals surface area contributed by atoms with Crippen molar-refractivity contribution in [3.63, 3.8) is 0 Å². The van der Waals surface area contributed by atoms with Crippen LogP contribution in [0.5, 0.6) is 0 Å². The van der Waals surface area contributed by atoms with Crippen molar-refractivity contribution in [2.45, 2.75) is 17.9 Å². The van der Waals surface area contributed by atoms with Gasteiger partial charge in [-0.25, -0.2) is 4.98 Å². The van der Waals surface area contributed by atoms with Crippen LogP contribution in [0.1, 0.15) is 5.76 Å². The highest BCUT2D eigenvalue weighted by atomic mass is 32.2. The molecule has 3 aromatic rings. The van der Waals surface area contributed by atoms with Crippen LogP contribution < -0.4 is 0 Å². The van der Waals surface area contributed by atoms with Gasteiger partial charge >= 0.3 is 0 Å². The summed E-state index contributed by atoms with van der Waals surface area (Å²) in [6.45, 7) is 0.605. The molecule has 0 radical (unpaired) electrons. The summed E-state index contributed by atoms with van der Waals surface area (Å²) in [6, 6.07) is 7.59. The summed E-state index contributed by atoms with van der Waals surface area (Å²) in [7, 11) is 0. The zero-order valence-corrected chi connectivity index (χ0v) is 13.3. The highest BCUT2D eigenvalue weighted by Gasteiger charge is 2.10. The van der Waals surface area contributed by atoms with E-state index < -0.39 is 6.10 Å². The Balaban J connectivity index is 1.40. The Morgan fingerprint density at radius 1 is 1.41 bits per heavy atom. The van der Waals surface area contributed by atoms with Gasteiger partial charge in [-0.05, 0) is 23.6 Å². The maximum Gasteiger partial charge on any atom is 0.208 e. The summed E-state index contributed by atoms with van der Waals surface area (Å²) < 4.78 is 10.5. The fourth-order valence-electron chi connectivity index (χ4n) is 1.74. The molecule has 0 bridgehead atoms. The lowest BCUT2D eigenvalue weighted by atomic mass is 10.4. The highest BCUT2D eigenvalue weighted by molar-refractivity contribution is 7.99. The van der Waals surface area contributed by atoms with Gasteiger partial charge in [0.1, 0.15) is 12.4 Å². The second kappa shape index (κ2) is 7.59. The maximum atomic E-state index is 9.89. The van der Waals surface area contributed by atoms with E-state index in [0.29, 0.717) is 17.5 Å². The van der Waals surface area contributed by atoms with Gasteiger partial charge in [-0.2, -0.15) is 0 Å². The molecular formula is C14H15N3O3S2. The van der Waals surface area contributed by atoms with E-state index in [4.69, 9.17) is 9.15 Å². The topological polar surface area (TPSA) is 84.2 Å². The molecule has 3 rings (SSSR count). The number of hydrogen-bond acceptors (Lipinski definition) is 7. The van der Waals surface area contributed by atoms with Crippen LogP contribution in [0.15, 0.2) is 45.5 Å². The summed E-state index contributed by atoms with van der Waals surface area (Å²) in [5.74, 6) is 1.97. The second-order valence-electron chi connectivity index (χ2n) is 4.50. The monoisotopic (exact) mass is 337 g/mol. The third-order valence-electron chi connectivity index (χ3n) is 2.76. The van der Waals surface area contributed by atoms with E-state index in [0.717, 1.165) is 16.5 Å². The van der Waals surface area contributed by atoms with Crippen molar-refractivity contribution in [3.05, 3.63) is 41.7 Å². The van der Waals surface area contributed by atoms with Gasteiger partial charge < -0.3 is 14.3 Å². The molecule has 22 heavy (non-hydrogen) atoms. The molecule has 1 unspecified atom stereocenters. The van der Waals surface area contributed by atoms with Crippen LogP contribution >= 0.6 is 23.1 Å². The van der Waals surface area contributed by atoms with Gasteiger partial charge in [0.2, 0.25) is 5.16 Å². The van der Waals surface area contributed by atoms with Gasteiger partial charge in [0.25, 0.3) is 0 Å². The van der Waals surface area contributed by atoms with Gasteiger partial charge in [-0.3, -0.25) is 5.10 Å². The van der Waals surface area contributed by atoms with Gasteiger partial charge in [-0.15, -0.1) is 16.4 Å². The first-order valence-corrected chi connectivity index (χ1v) is 8.55. The fraction of sp³-hybridized carbons (Fsp3) is 0.286. The molecule has 0 spiro atoms. The van der Waals surface area contributed by atoms with Crippen LogP contribution in [0, 0.1) is 0 Å². The molecule has 0 aromatic carbocycles. The first kappa shape index (κ1) is 15.3. The number of ether oxygens (including phenoxy) is 1. The Morgan fingerprint density at radius 3 is 3.14 bits per heavy atom. The molecule has 1 atom stereocenters. The van der Waals surface area contributed by atoms with E-state index in [9.17, 15) is 5.11 Å². The van der Waals surface area contributed by atoms with Crippen molar-refractivity contribution in [3.8, 4) is 10.7 Å². The van der Waals surface area contributed by atoms with Gasteiger partial charge in [0.15, 0.2) is 5.82 Å². The number of aromatic nitrogens is 3. The number of H-pyrrole nitrogens is 1. The number of furan rings is 1. The number of rotatable bonds is 8. The molecule has 0 aliphatic carbocycles. The van der Waals surface area contributed by atoms with E-state index in [1.54, 1.807) is 23.7 Å². The number of thioether (sulfide) groups is 1. The Morgan fingerprint density at radius 2 is 2.36 bits per heavy atom. The third kappa shape index (κ3) is 4.20. The lowest BCUT2D eigenvalue weighted by Crippen LogP contribution is -2.17. The molecule has 0 aliphatic rings. The summed E-state index contributed by atoms with van der Waals surface area (Å²) in [6.07, 6.45) is 1.02. The Kier molecular flexibility index (Phi) is 5.28. The first-order valence-electron chi connectivity index (χ1n) is 6.68. The molecule has 3 aromatic heterocycles. The van der Waals surface area contributed by atoms with Crippen LogP contribution in [-0.2, 0) is 11.3 Å². The molecule has 0 saturated carbocycles. The number of aromatic amines is 1. The Labute approximate surface area is 135 Å². The van der Waals surface area contributed by atoms with Gasteiger partial charge in [0, 0.05) is 5.75 Å². The van der Waals surface area contributed by atoms with Crippen LogP contribution in [-0.4, -0.2) is 38.8 Å². The molecule has 6 nitrogen and oxygen atoms in total. The predicted octanol–water partition coefficient (Wildman–Crippen LogP) is 2.80. The van der Waals surface area contributed by atoms with E-state index >= 15 is 0 Å². The molecule has 2 N–H and O–H groups in total. The van der Waals surface area contributed by atoms with Crippen molar-refractivity contribution >= 4 is 23.1 Å². The number of thiophene rings is 1. The van der Waals surface area contributed by atoms with Gasteiger partial charge in [-0.1, -0.05) is 17.8 Å². The average molecular weight is 337 g/mol. The molecule has 0 saturated heterocycles. The normalized spacial score (nSPS) is 12.6. The number of nitrogens with one attached hydrogen (secondary N) is 1. The fourth-order valence-corrected chi connectivity index (χ4v) is 3.11. The quantitative estimate of drug-likeness (QED) is 0.615. The van der Waals surface area contributed by atoms with Crippen molar-refractivity contribution in [1.29, 1.82) is 0 Å². The summed E-state index contributed by atoms with van der Waals surface area (Å²) in [5.41, 5.74) is 0. The lowest BCUT2D eigenvalue weighted by Gasteiger charge is -2.08. The van der Waals surface area contributed by atoms with E-state index in [2.05, 4.69) is 15.2 Å². The van der Waals surface area contributed by atoms with Crippen LogP contribution in [0.2, 0.25) is 0 Å². The molecule has 8 heteroatoms. The zero-order chi connectivity index (χ0) is 15.2. The minimum atomic E-state index is -0.580. The van der Waals surface area contributed by atoms with Crippen molar-refractivity contribution in [2.24, 2.45) is 0 Å². The lowest BCUT2D eigenvalue weighted by molar-refractivity contribution is 0.0328. The van der Waals surface area contributed by atoms with Crippen LogP contribution in [0.3, 0.4) is 0 Å². The molecule has 3 heterocycles. The van der Waals surface area contributed by atoms with Crippen LogP contribution in [0.25, 0.3) is 10.7 Å². The summed E-state index contributed by atoms with van der Waals surface area (Å²) in [5, 5.41) is 19.5. The number of aliphatic hydroxyl groups is 1. The zero-order valence-electron chi connectivity index (χ0n) is 11.6. The number of hydrogen-bond donors (Lipinski definition) is 2. The summed E-state index contributed by atoms with van der Waals surface area (Å²) >= 11 is 2.99. The molecule has 0 amide bonds. The minimum Gasteiger partial charge on any atom is -0.467 e. The summed E-state index contributed by atoms with van der Waals surface area (Å²) in [4.78, 5) is 5.43. The van der Waals surface area contributed by atoms with E-state index in [-0.39, 0.29) is 6.61 Å². The third-order valence-corrected chi connectivity index (χ3v) is 4.63. The van der Waals surface area contributed by atoms with E-state index in [1.807, 2.05) is 23.6 Å². The standard InChI is InChI=1S/C14H15N3O3S2/c18-10(7-19-8-11-3-1-5-20-11)9-22-14-15-13(16-17-14)12-4-2-6-21-12/h1-6,10,18H,7-9H2,(H,15,16,17). The number of nitrogens with zero attached hydrogens (tertiary/aromatic N) is 2. The molecule has 0 fully saturated rings. The molecule has 0 aliphatic heterocycles. The predicted molar refractivity (Wildman–Crippen MR) is 84.8 cm³/mol. The van der Waals surface area contributed by atoms with Crippen molar-refractivity contribution < 1.29 is 14.3 Å². The van der Waals surface area contributed by atoms with Gasteiger partial charge in [0.05, 0.1) is 23.9 Å². The van der Waals surface area contributed by atoms with Crippen LogP contribution in [0.4, 0.5) is 0 Å². The Bertz CT molecular complexity index is 667. The molecular weight excluding hydrogens is 322 g/mol. The minimum absolute atomic E-state index is 0.246. The first-order chi connectivity index (χ1) is 10.8. The number of aliphatic hydroxyl groups excluding tert-OH is 1. The smallest absolute Gasteiger partial charge is 0.208 e. The van der Waals surface area contributed by atoms with E-state index in [1.165, 1.54) is 11.8 Å².